The first-order chi connectivity index (χ1) is 9.27. The molecule has 20 heavy (non-hydrogen) atoms. The van der Waals surface area contributed by atoms with Crippen molar-refractivity contribution in [2.24, 2.45) is 5.92 Å². The van der Waals surface area contributed by atoms with E-state index < -0.39 is 39.8 Å². The van der Waals surface area contributed by atoms with E-state index in [1.165, 1.54) is 0 Å². The van der Waals surface area contributed by atoms with Gasteiger partial charge in [0.25, 0.3) is 5.91 Å². The van der Waals surface area contributed by atoms with Gasteiger partial charge in [-0.1, -0.05) is 13.8 Å². The molecule has 1 aromatic carbocycles. The normalized spacial score (nSPS) is 11.8. The number of rotatable bonds is 4. The van der Waals surface area contributed by atoms with Crippen LogP contribution in [-0.2, 0) is 0 Å². The monoisotopic (exact) mass is 283 g/mol. The Labute approximate surface area is 113 Å². The van der Waals surface area contributed by atoms with Gasteiger partial charge < -0.3 is 5.32 Å². The van der Waals surface area contributed by atoms with Gasteiger partial charge in [-0.2, -0.15) is 9.65 Å². The van der Waals surface area contributed by atoms with E-state index in [-0.39, 0.29) is 5.92 Å². The second kappa shape index (κ2) is 6.06. The number of nitro groups is 1. The van der Waals surface area contributed by atoms with Gasteiger partial charge in [0.05, 0.1) is 22.6 Å². The summed E-state index contributed by atoms with van der Waals surface area (Å²) in [6.07, 6.45) is 0. The molecule has 0 saturated heterocycles. The van der Waals surface area contributed by atoms with Crippen LogP contribution in [0.25, 0.3) is 0 Å². The van der Waals surface area contributed by atoms with Crippen molar-refractivity contribution in [1.82, 2.24) is 5.32 Å². The molecule has 0 radical (unpaired) electrons. The molecule has 0 aliphatic rings. The number of hydrogen-bond donors (Lipinski definition) is 1. The first-order valence-electron chi connectivity index (χ1n) is 5.61. The first kappa shape index (κ1) is 15.5. The number of benzene rings is 1. The van der Waals surface area contributed by atoms with Gasteiger partial charge in [-0.3, -0.25) is 14.9 Å². The predicted molar refractivity (Wildman–Crippen MR) is 64.7 cm³/mol. The third kappa shape index (κ3) is 3.26. The van der Waals surface area contributed by atoms with E-state index >= 15 is 0 Å². The van der Waals surface area contributed by atoms with E-state index in [4.69, 9.17) is 5.26 Å². The van der Waals surface area contributed by atoms with Gasteiger partial charge >= 0.3 is 5.69 Å². The lowest BCUT2D eigenvalue weighted by Crippen LogP contribution is -2.37. The Morgan fingerprint density at radius 3 is 2.50 bits per heavy atom. The third-order valence-corrected chi connectivity index (χ3v) is 2.55. The number of carbonyl (C=O) groups is 1. The van der Waals surface area contributed by atoms with Gasteiger partial charge in [-0.05, 0) is 12.0 Å². The van der Waals surface area contributed by atoms with Gasteiger partial charge in [0, 0.05) is 0 Å². The molecular weight excluding hydrogens is 272 g/mol. The Hall–Kier alpha value is -2.56. The van der Waals surface area contributed by atoms with Crippen molar-refractivity contribution in [2.75, 3.05) is 0 Å². The van der Waals surface area contributed by atoms with E-state index in [0.717, 1.165) is 0 Å². The minimum atomic E-state index is -1.44. The van der Waals surface area contributed by atoms with Crippen molar-refractivity contribution in [1.29, 1.82) is 5.26 Å². The van der Waals surface area contributed by atoms with Crippen molar-refractivity contribution < 1.29 is 18.5 Å². The molecule has 0 fully saturated rings. The fourth-order valence-corrected chi connectivity index (χ4v) is 1.44. The summed E-state index contributed by atoms with van der Waals surface area (Å²) in [6.45, 7) is 3.30. The molecule has 1 rings (SSSR count). The molecule has 106 valence electrons. The zero-order chi connectivity index (χ0) is 15.4. The average Bonchev–Trinajstić information content (AvgIpc) is 2.37. The predicted octanol–water partition coefficient (Wildman–Crippen LogP) is 2.15. The highest BCUT2D eigenvalue weighted by Crippen LogP contribution is 2.22. The highest BCUT2D eigenvalue weighted by molar-refractivity contribution is 5.95. The highest BCUT2D eigenvalue weighted by atomic mass is 19.1. The van der Waals surface area contributed by atoms with Crippen LogP contribution in [0.4, 0.5) is 14.5 Å². The average molecular weight is 283 g/mol. The van der Waals surface area contributed by atoms with Crippen molar-refractivity contribution in [3.05, 3.63) is 39.4 Å². The van der Waals surface area contributed by atoms with Crippen LogP contribution in [-0.4, -0.2) is 16.9 Å². The van der Waals surface area contributed by atoms with Crippen LogP contribution >= 0.6 is 0 Å². The number of nitrogens with one attached hydrogen (secondary N) is 1. The lowest BCUT2D eigenvalue weighted by Gasteiger charge is -2.15. The topological polar surface area (TPSA) is 96.0 Å². The molecule has 0 aliphatic heterocycles. The van der Waals surface area contributed by atoms with Crippen LogP contribution < -0.4 is 5.32 Å². The fourth-order valence-electron chi connectivity index (χ4n) is 1.44. The van der Waals surface area contributed by atoms with E-state index in [9.17, 15) is 23.7 Å². The quantitative estimate of drug-likeness (QED) is 0.676. The Bertz CT molecular complexity index is 596. The number of carbonyl (C=O) groups excluding carboxylic acids is 1. The number of hydrogen-bond acceptors (Lipinski definition) is 4. The van der Waals surface area contributed by atoms with E-state index in [0.29, 0.717) is 12.1 Å². The van der Waals surface area contributed by atoms with Crippen LogP contribution in [0.1, 0.15) is 24.2 Å². The Morgan fingerprint density at radius 1 is 1.45 bits per heavy atom. The van der Waals surface area contributed by atoms with E-state index in [1.54, 1.807) is 19.9 Å². The van der Waals surface area contributed by atoms with Crippen LogP contribution in [0.15, 0.2) is 12.1 Å². The summed E-state index contributed by atoms with van der Waals surface area (Å²) in [5.74, 6) is -3.88. The number of nitro benzene ring substituents is 1. The molecule has 0 spiro atoms. The second-order valence-corrected chi connectivity index (χ2v) is 4.37. The molecule has 0 aliphatic carbocycles. The molecule has 1 atom stereocenters. The smallest absolute Gasteiger partial charge is 0.308 e. The number of nitriles is 1. The molecule has 0 bridgehead atoms. The summed E-state index contributed by atoms with van der Waals surface area (Å²) in [5, 5.41) is 21.6. The van der Waals surface area contributed by atoms with Crippen molar-refractivity contribution in [3.8, 4) is 6.07 Å². The lowest BCUT2D eigenvalue weighted by molar-refractivity contribution is -0.387. The lowest BCUT2D eigenvalue weighted by atomic mass is 10.0. The molecule has 1 unspecified atom stereocenters. The van der Waals surface area contributed by atoms with E-state index in [1.807, 2.05) is 0 Å². The van der Waals surface area contributed by atoms with Gasteiger partial charge in [0.1, 0.15) is 11.9 Å². The summed E-state index contributed by atoms with van der Waals surface area (Å²) in [4.78, 5) is 21.2. The molecular formula is C12H11F2N3O3. The second-order valence-electron chi connectivity index (χ2n) is 4.37. The molecule has 1 amide bonds. The number of nitrogens with zero attached hydrogens (tertiary/aromatic N) is 2. The summed E-state index contributed by atoms with van der Waals surface area (Å²) >= 11 is 0. The standard InChI is InChI=1S/C12H11F2N3O3/c1-6(2)9(5-15)16-12(18)8-3-7(13)4-10(11(8)14)17(19)20/h3-4,6,9H,1-2H3,(H,16,18). The van der Waals surface area contributed by atoms with Crippen LogP contribution in [0.2, 0.25) is 0 Å². The molecule has 0 aromatic heterocycles. The molecule has 0 heterocycles. The van der Waals surface area contributed by atoms with Crippen LogP contribution in [0.5, 0.6) is 0 Å². The summed E-state index contributed by atoms with van der Waals surface area (Å²) < 4.78 is 26.9. The zero-order valence-electron chi connectivity index (χ0n) is 10.7. The van der Waals surface area contributed by atoms with Crippen LogP contribution in [0.3, 0.4) is 0 Å². The molecule has 0 saturated carbocycles. The maximum atomic E-state index is 13.8. The van der Waals surface area contributed by atoms with Crippen LogP contribution in [0, 0.1) is 39.0 Å². The molecule has 1 N–H and O–H groups in total. The molecule has 8 heteroatoms. The van der Waals surface area contributed by atoms with Gasteiger partial charge in [-0.25, -0.2) is 4.39 Å². The largest absolute Gasteiger partial charge is 0.336 e. The fraction of sp³-hybridized carbons (Fsp3) is 0.333. The minimum Gasteiger partial charge on any atom is -0.336 e. The maximum Gasteiger partial charge on any atom is 0.308 e. The van der Waals surface area contributed by atoms with Gasteiger partial charge in [-0.15, -0.1) is 0 Å². The van der Waals surface area contributed by atoms with Crippen molar-refractivity contribution >= 4 is 11.6 Å². The zero-order valence-corrected chi connectivity index (χ0v) is 10.7. The maximum absolute atomic E-state index is 13.8. The first-order valence-corrected chi connectivity index (χ1v) is 5.61. The summed E-state index contributed by atoms with van der Waals surface area (Å²) in [5.41, 5.74) is -1.94. The molecule has 1 aromatic rings. The van der Waals surface area contributed by atoms with Gasteiger partial charge in [0.2, 0.25) is 5.82 Å². The third-order valence-electron chi connectivity index (χ3n) is 2.55. The summed E-state index contributed by atoms with van der Waals surface area (Å²) in [7, 11) is 0. The number of halogens is 2. The Balaban J connectivity index is 3.17. The molecule has 6 nitrogen and oxygen atoms in total. The Morgan fingerprint density at radius 2 is 2.05 bits per heavy atom. The summed E-state index contributed by atoms with van der Waals surface area (Å²) in [6, 6.07) is 1.81. The van der Waals surface area contributed by atoms with E-state index in [2.05, 4.69) is 5.32 Å². The number of amides is 1. The van der Waals surface area contributed by atoms with Crippen molar-refractivity contribution in [3.63, 3.8) is 0 Å². The van der Waals surface area contributed by atoms with Gasteiger partial charge in [0.15, 0.2) is 0 Å². The highest BCUT2D eigenvalue weighted by Gasteiger charge is 2.26. The Kier molecular flexibility index (Phi) is 4.69. The SMILES string of the molecule is CC(C)C(C#N)NC(=O)c1cc(F)cc([N+](=O)[O-])c1F. The minimum absolute atomic E-state index is 0.254. The van der Waals surface area contributed by atoms with Crippen molar-refractivity contribution in [2.45, 2.75) is 19.9 Å².